The lowest BCUT2D eigenvalue weighted by atomic mass is 9.68. The molecule has 1 fully saturated rings. The summed E-state index contributed by atoms with van der Waals surface area (Å²) in [6.45, 7) is 3.11. The summed E-state index contributed by atoms with van der Waals surface area (Å²) < 4.78 is 0. The number of hydrogen-bond acceptors (Lipinski definition) is 4. The Kier molecular flexibility index (Phi) is 4.80. The van der Waals surface area contributed by atoms with Gasteiger partial charge in [-0.15, -0.1) is 0 Å². The summed E-state index contributed by atoms with van der Waals surface area (Å²) in [5.74, 6) is 0.454. The number of benzene rings is 2. The number of amides is 1. The first-order valence-electron chi connectivity index (χ1n) is 10.3. The fourth-order valence-corrected chi connectivity index (χ4v) is 5.01. The lowest BCUT2D eigenvalue weighted by Crippen LogP contribution is -2.39. The molecule has 0 radical (unpaired) electrons. The van der Waals surface area contributed by atoms with Crippen molar-refractivity contribution in [2.24, 2.45) is 0 Å². The molecule has 4 heterocycles. The summed E-state index contributed by atoms with van der Waals surface area (Å²) in [4.78, 5) is 23.1. The summed E-state index contributed by atoms with van der Waals surface area (Å²) in [6.07, 6.45) is 5.38. The Bertz CT molecular complexity index is 1090. The zero-order valence-electron chi connectivity index (χ0n) is 16.9. The largest absolute Gasteiger partial charge is 0.355 e. The number of nitrogens with one attached hydrogen (secondary N) is 1. The molecule has 5 nitrogen and oxygen atoms in total. The van der Waals surface area contributed by atoms with Crippen LogP contribution in [-0.2, 0) is 12.0 Å². The van der Waals surface area contributed by atoms with E-state index in [4.69, 9.17) is 11.6 Å². The van der Waals surface area contributed by atoms with Crippen molar-refractivity contribution in [1.29, 1.82) is 0 Å². The van der Waals surface area contributed by atoms with Crippen molar-refractivity contribution in [1.82, 2.24) is 20.2 Å². The average Bonchev–Trinajstić information content (AvgIpc) is 3.05. The first-order chi connectivity index (χ1) is 14.6. The molecule has 152 valence electrons. The van der Waals surface area contributed by atoms with Gasteiger partial charge in [0, 0.05) is 42.0 Å². The molecule has 6 rings (SSSR count). The van der Waals surface area contributed by atoms with E-state index < -0.39 is 0 Å². The van der Waals surface area contributed by atoms with Crippen LogP contribution >= 0.6 is 11.6 Å². The van der Waals surface area contributed by atoms with Crippen LogP contribution in [0.3, 0.4) is 0 Å². The third-order valence-electron chi connectivity index (χ3n) is 6.52. The summed E-state index contributed by atoms with van der Waals surface area (Å²) in [7, 11) is 1.60. The number of carbonyl (C=O) groups excluding carboxylic acids is 1. The normalized spacial score (nSPS) is 22.3. The third kappa shape index (κ3) is 3.18. The van der Waals surface area contributed by atoms with Crippen LogP contribution in [0.15, 0.2) is 54.9 Å². The van der Waals surface area contributed by atoms with Crippen molar-refractivity contribution in [2.45, 2.75) is 24.8 Å². The third-order valence-corrected chi connectivity index (χ3v) is 6.77. The Morgan fingerprint density at radius 2 is 1.77 bits per heavy atom. The minimum absolute atomic E-state index is 0.0232. The quantitative estimate of drug-likeness (QED) is 0.697. The summed E-state index contributed by atoms with van der Waals surface area (Å²) in [5, 5.41) is 3.37. The predicted molar refractivity (Wildman–Crippen MR) is 118 cm³/mol. The second kappa shape index (κ2) is 7.49. The SMILES string of the molecule is CNC(=O)c1cnc(-c2ccc3c(c2)CN2CCC3(c3ccc(Cl)cc3)CC2)nc1. The molecule has 2 bridgehead atoms. The van der Waals surface area contributed by atoms with Crippen LogP contribution in [0.4, 0.5) is 0 Å². The van der Waals surface area contributed by atoms with Crippen LogP contribution in [0.5, 0.6) is 0 Å². The van der Waals surface area contributed by atoms with Crippen LogP contribution in [0.25, 0.3) is 11.4 Å². The minimum Gasteiger partial charge on any atom is -0.355 e. The molecule has 3 aromatic rings. The lowest BCUT2D eigenvalue weighted by molar-refractivity contribution is 0.0962. The molecule has 1 amide bonds. The van der Waals surface area contributed by atoms with Gasteiger partial charge < -0.3 is 5.32 Å². The maximum Gasteiger partial charge on any atom is 0.254 e. The van der Waals surface area contributed by atoms with E-state index >= 15 is 0 Å². The van der Waals surface area contributed by atoms with E-state index in [2.05, 4.69) is 50.5 Å². The zero-order chi connectivity index (χ0) is 20.7. The number of nitrogens with zero attached hydrogens (tertiary/aromatic N) is 3. The van der Waals surface area contributed by atoms with Crippen LogP contribution in [0.2, 0.25) is 5.02 Å². The van der Waals surface area contributed by atoms with E-state index in [9.17, 15) is 4.79 Å². The number of halogens is 1. The number of hydrogen-bond donors (Lipinski definition) is 1. The van der Waals surface area contributed by atoms with Gasteiger partial charge in [0.05, 0.1) is 5.56 Å². The summed E-state index contributed by atoms with van der Waals surface area (Å²) in [6, 6.07) is 14.9. The van der Waals surface area contributed by atoms with E-state index in [1.54, 1.807) is 19.4 Å². The van der Waals surface area contributed by atoms with E-state index in [0.717, 1.165) is 43.1 Å². The average molecular weight is 419 g/mol. The second-order valence-corrected chi connectivity index (χ2v) is 8.55. The molecule has 0 spiro atoms. The van der Waals surface area contributed by atoms with Gasteiger partial charge in [-0.05, 0) is 60.8 Å². The summed E-state index contributed by atoms with van der Waals surface area (Å²) in [5.41, 5.74) is 5.53. The monoisotopic (exact) mass is 418 g/mol. The number of rotatable bonds is 3. The number of fused-ring (bicyclic) bond motifs is 2. The zero-order valence-corrected chi connectivity index (χ0v) is 17.6. The molecule has 0 saturated carbocycles. The standard InChI is InChI=1S/C24H23ClN4O/c1-26-23(30)18-13-27-22(28-14-18)16-2-7-21-17(12-16)15-29-10-8-24(21,9-11-29)19-3-5-20(25)6-4-19/h2-7,12-14H,8-11,15H2,1H3,(H,26,30). The van der Waals surface area contributed by atoms with E-state index in [1.807, 2.05) is 12.1 Å². The first-order valence-corrected chi connectivity index (χ1v) is 10.6. The topological polar surface area (TPSA) is 58.1 Å². The van der Waals surface area contributed by atoms with Gasteiger partial charge in [0.15, 0.2) is 5.82 Å². The lowest BCUT2D eigenvalue weighted by Gasteiger charge is -2.39. The molecule has 3 aliphatic heterocycles. The number of aromatic nitrogens is 2. The number of carbonyl (C=O) groups is 1. The van der Waals surface area contributed by atoms with E-state index in [1.165, 1.54) is 16.7 Å². The molecular weight excluding hydrogens is 396 g/mol. The molecule has 30 heavy (non-hydrogen) atoms. The maximum atomic E-state index is 11.8. The Morgan fingerprint density at radius 3 is 2.43 bits per heavy atom. The van der Waals surface area contributed by atoms with Gasteiger partial charge in [-0.1, -0.05) is 35.9 Å². The minimum atomic E-state index is -0.183. The highest BCUT2D eigenvalue weighted by Crippen LogP contribution is 2.47. The predicted octanol–water partition coefficient (Wildman–Crippen LogP) is 4.05. The Morgan fingerprint density at radius 1 is 1.07 bits per heavy atom. The van der Waals surface area contributed by atoms with Gasteiger partial charge in [0.1, 0.15) is 0 Å². The Hall–Kier alpha value is -2.76. The molecule has 3 aliphatic rings. The van der Waals surface area contributed by atoms with Gasteiger partial charge in [-0.25, -0.2) is 9.97 Å². The molecule has 0 aliphatic carbocycles. The molecule has 6 heteroatoms. The van der Waals surface area contributed by atoms with Crippen molar-refractivity contribution >= 4 is 17.5 Å². The van der Waals surface area contributed by atoms with Gasteiger partial charge >= 0.3 is 0 Å². The van der Waals surface area contributed by atoms with Crippen LogP contribution in [0.1, 0.15) is 39.9 Å². The second-order valence-electron chi connectivity index (χ2n) is 8.11. The van der Waals surface area contributed by atoms with Crippen molar-refractivity contribution in [3.63, 3.8) is 0 Å². The summed E-state index contributed by atoms with van der Waals surface area (Å²) >= 11 is 6.16. The Balaban J connectivity index is 1.57. The van der Waals surface area contributed by atoms with Crippen molar-refractivity contribution in [3.05, 3.63) is 82.1 Å². The highest BCUT2D eigenvalue weighted by atomic mass is 35.5. The highest BCUT2D eigenvalue weighted by molar-refractivity contribution is 6.30. The van der Waals surface area contributed by atoms with Crippen LogP contribution in [0, 0.1) is 0 Å². The fraction of sp³-hybridized carbons (Fsp3) is 0.292. The number of piperidine rings is 1. The highest BCUT2D eigenvalue weighted by Gasteiger charge is 2.42. The van der Waals surface area contributed by atoms with Crippen LogP contribution in [-0.4, -0.2) is 40.9 Å². The molecular formula is C24H23ClN4O. The molecule has 0 atom stereocenters. The van der Waals surface area contributed by atoms with E-state index in [-0.39, 0.29) is 11.3 Å². The van der Waals surface area contributed by atoms with Gasteiger partial charge in [0.2, 0.25) is 0 Å². The van der Waals surface area contributed by atoms with Crippen molar-refractivity contribution in [3.8, 4) is 11.4 Å². The molecule has 1 N–H and O–H groups in total. The smallest absolute Gasteiger partial charge is 0.254 e. The molecule has 1 saturated heterocycles. The van der Waals surface area contributed by atoms with Gasteiger partial charge in [-0.2, -0.15) is 0 Å². The first kappa shape index (κ1) is 19.2. The van der Waals surface area contributed by atoms with E-state index in [0.29, 0.717) is 11.4 Å². The fourth-order valence-electron chi connectivity index (χ4n) is 4.89. The van der Waals surface area contributed by atoms with Crippen molar-refractivity contribution in [2.75, 3.05) is 20.1 Å². The molecule has 2 aromatic carbocycles. The van der Waals surface area contributed by atoms with Gasteiger partial charge in [-0.3, -0.25) is 9.69 Å². The maximum absolute atomic E-state index is 11.8. The van der Waals surface area contributed by atoms with Crippen LogP contribution < -0.4 is 5.32 Å². The van der Waals surface area contributed by atoms with Crippen molar-refractivity contribution < 1.29 is 4.79 Å². The molecule has 1 aromatic heterocycles. The molecule has 0 unspecified atom stereocenters. The Labute approximate surface area is 181 Å². The van der Waals surface area contributed by atoms with Gasteiger partial charge in [0.25, 0.3) is 5.91 Å².